The molecule has 6 heteroatoms. The molecule has 0 atom stereocenters. The van der Waals surface area contributed by atoms with Crippen molar-refractivity contribution in [2.45, 2.75) is 38.7 Å². The van der Waals surface area contributed by atoms with E-state index < -0.39 is 11.6 Å². The number of benzene rings is 1. The van der Waals surface area contributed by atoms with Crippen molar-refractivity contribution in [1.82, 2.24) is 9.88 Å². The molecule has 6 nitrogen and oxygen atoms in total. The molecule has 0 radical (unpaired) electrons. The highest BCUT2D eigenvalue weighted by atomic mass is 16.5. The lowest BCUT2D eigenvalue weighted by molar-refractivity contribution is -0.0264. The van der Waals surface area contributed by atoms with E-state index in [2.05, 4.69) is 9.88 Å². The molecule has 0 bridgehead atoms. The molecule has 3 rings (SSSR count). The third-order valence-corrected chi connectivity index (χ3v) is 5.69. The van der Waals surface area contributed by atoms with Gasteiger partial charge in [0.05, 0.1) is 19.3 Å². The number of hydrogen-bond donors (Lipinski definition) is 2. The number of H-pyrrole nitrogens is 1. The van der Waals surface area contributed by atoms with Crippen molar-refractivity contribution in [3.63, 3.8) is 0 Å². The first kappa shape index (κ1) is 20.4. The van der Waals surface area contributed by atoms with Gasteiger partial charge in [-0.25, -0.2) is 4.79 Å². The Balaban J connectivity index is 1.47. The maximum Gasteiger partial charge on any atom is 0.358 e. The van der Waals surface area contributed by atoms with E-state index in [1.54, 1.807) is 0 Å². The van der Waals surface area contributed by atoms with Gasteiger partial charge in [-0.3, -0.25) is 0 Å². The predicted octanol–water partition coefficient (Wildman–Crippen LogP) is 3.17. The number of hydrogen-bond acceptors (Lipinski definition) is 5. The van der Waals surface area contributed by atoms with E-state index in [4.69, 9.17) is 9.47 Å². The Kier molecular flexibility index (Phi) is 6.42. The van der Waals surface area contributed by atoms with Gasteiger partial charge in [-0.05, 0) is 38.7 Å². The van der Waals surface area contributed by atoms with Crippen LogP contribution in [0.25, 0.3) is 0 Å². The summed E-state index contributed by atoms with van der Waals surface area (Å²) in [7, 11) is 1.37. The van der Waals surface area contributed by atoms with Gasteiger partial charge in [0.2, 0.25) is 0 Å². The molecule has 0 amide bonds. The molecule has 0 unspecified atom stereocenters. The molecule has 0 spiro atoms. The van der Waals surface area contributed by atoms with Crippen LogP contribution in [0.3, 0.4) is 0 Å². The lowest BCUT2D eigenvalue weighted by Gasteiger charge is -2.38. The number of rotatable bonds is 7. The number of carbonyl (C=O) groups is 1. The Bertz CT molecular complexity index is 792. The van der Waals surface area contributed by atoms with Crippen LogP contribution in [0.4, 0.5) is 0 Å². The van der Waals surface area contributed by atoms with Crippen LogP contribution in [0.2, 0.25) is 0 Å². The topological polar surface area (TPSA) is 74.8 Å². The number of piperidine rings is 1. The van der Waals surface area contributed by atoms with Gasteiger partial charge in [0.25, 0.3) is 0 Å². The lowest BCUT2D eigenvalue weighted by Crippen LogP contribution is -2.43. The van der Waals surface area contributed by atoms with E-state index >= 15 is 0 Å². The van der Waals surface area contributed by atoms with Crippen LogP contribution in [0, 0.1) is 13.8 Å². The molecular weight excluding hydrogens is 356 g/mol. The van der Waals surface area contributed by atoms with Crippen LogP contribution in [-0.2, 0) is 10.3 Å². The zero-order valence-electron chi connectivity index (χ0n) is 17.0. The number of esters is 1. The van der Waals surface area contributed by atoms with Crippen molar-refractivity contribution in [3.05, 3.63) is 52.8 Å². The first-order valence-corrected chi connectivity index (χ1v) is 9.85. The van der Waals surface area contributed by atoms with Crippen molar-refractivity contribution in [1.29, 1.82) is 0 Å². The number of aromatic nitrogens is 1. The van der Waals surface area contributed by atoms with E-state index in [0.717, 1.165) is 55.7 Å². The third-order valence-electron chi connectivity index (χ3n) is 5.69. The van der Waals surface area contributed by atoms with Crippen molar-refractivity contribution >= 4 is 5.97 Å². The molecule has 2 heterocycles. The second-order valence-corrected chi connectivity index (χ2v) is 7.51. The zero-order valence-corrected chi connectivity index (χ0v) is 17.0. The Morgan fingerprint density at radius 1 is 1.21 bits per heavy atom. The number of carbonyl (C=O) groups excluding carboxylic acids is 1. The Morgan fingerprint density at radius 2 is 1.89 bits per heavy atom. The highest BCUT2D eigenvalue weighted by molar-refractivity contribution is 5.91. The van der Waals surface area contributed by atoms with E-state index in [-0.39, 0.29) is 0 Å². The summed E-state index contributed by atoms with van der Waals surface area (Å²) in [4.78, 5) is 17.3. The molecule has 152 valence electrons. The minimum absolute atomic E-state index is 0.378. The Labute approximate surface area is 166 Å². The number of nitrogens with zero attached hydrogens (tertiary/aromatic N) is 1. The average Bonchev–Trinajstić information content (AvgIpc) is 3.01. The molecule has 28 heavy (non-hydrogen) atoms. The quantitative estimate of drug-likeness (QED) is 0.565. The minimum Gasteiger partial charge on any atom is -0.491 e. The lowest BCUT2D eigenvalue weighted by atomic mass is 9.84. The number of likely N-dealkylation sites (tertiary alicyclic amines) is 1. The molecule has 1 aromatic carbocycles. The van der Waals surface area contributed by atoms with Gasteiger partial charge in [-0.15, -0.1) is 0 Å². The summed E-state index contributed by atoms with van der Waals surface area (Å²) < 4.78 is 10.7. The highest BCUT2D eigenvalue weighted by Gasteiger charge is 2.33. The van der Waals surface area contributed by atoms with Gasteiger partial charge < -0.3 is 24.5 Å². The predicted molar refractivity (Wildman–Crippen MR) is 108 cm³/mol. The summed E-state index contributed by atoms with van der Waals surface area (Å²) in [5.74, 6) is 0.170. The zero-order chi connectivity index (χ0) is 20.1. The first-order chi connectivity index (χ1) is 13.4. The number of ether oxygens (including phenoxy) is 2. The van der Waals surface area contributed by atoms with Gasteiger partial charge in [-0.2, -0.15) is 0 Å². The molecular formula is C22H30N2O4. The summed E-state index contributed by atoms with van der Waals surface area (Å²) in [6.45, 7) is 7.00. The first-order valence-electron chi connectivity index (χ1n) is 9.85. The molecule has 0 aliphatic carbocycles. The summed E-state index contributed by atoms with van der Waals surface area (Å²) in [6.07, 6.45) is 2.33. The summed E-state index contributed by atoms with van der Waals surface area (Å²) in [5.41, 5.74) is 2.51. The fourth-order valence-electron chi connectivity index (χ4n) is 3.77. The van der Waals surface area contributed by atoms with Crippen molar-refractivity contribution in [2.75, 3.05) is 33.4 Å². The van der Waals surface area contributed by atoms with Crippen LogP contribution < -0.4 is 4.74 Å². The molecule has 0 saturated carbocycles. The van der Waals surface area contributed by atoms with Gasteiger partial charge >= 0.3 is 5.97 Å². The maximum absolute atomic E-state index is 11.9. The number of aromatic amines is 1. The van der Waals surface area contributed by atoms with E-state index in [0.29, 0.717) is 18.1 Å². The number of nitrogens with one attached hydrogen (secondary N) is 1. The molecule has 1 aromatic heterocycles. The Morgan fingerprint density at radius 3 is 2.54 bits per heavy atom. The molecule has 1 fully saturated rings. The maximum atomic E-state index is 11.9. The van der Waals surface area contributed by atoms with Crippen molar-refractivity contribution in [3.8, 4) is 5.75 Å². The Hall–Kier alpha value is -2.31. The smallest absolute Gasteiger partial charge is 0.358 e. The van der Waals surface area contributed by atoms with Crippen LogP contribution in [0.15, 0.2) is 30.3 Å². The number of aliphatic hydroxyl groups is 1. The molecule has 1 saturated heterocycles. The fraction of sp³-hybridized carbons (Fsp3) is 0.500. The number of aryl methyl sites for hydroxylation is 1. The third kappa shape index (κ3) is 4.39. The fourth-order valence-corrected chi connectivity index (χ4v) is 3.77. The summed E-state index contributed by atoms with van der Waals surface area (Å²) >= 11 is 0. The highest BCUT2D eigenvalue weighted by Crippen LogP contribution is 2.32. The molecule has 1 aliphatic heterocycles. The normalized spacial score (nSPS) is 16.7. The molecule has 1 aliphatic rings. The second-order valence-electron chi connectivity index (χ2n) is 7.51. The average molecular weight is 386 g/mol. The van der Waals surface area contributed by atoms with Crippen molar-refractivity contribution in [2.24, 2.45) is 0 Å². The second kappa shape index (κ2) is 8.80. The van der Waals surface area contributed by atoms with Crippen molar-refractivity contribution < 1.29 is 19.4 Å². The number of methoxy groups -OCH3 is 1. The van der Waals surface area contributed by atoms with Crippen LogP contribution in [0.1, 0.15) is 46.6 Å². The van der Waals surface area contributed by atoms with Gasteiger partial charge in [0, 0.05) is 30.9 Å². The molecule has 2 N–H and O–H groups in total. The SMILES string of the molecule is COC(=O)c1[nH]c(C)c(C)c1OCCCN1CCC(O)(c2ccccc2)CC1. The van der Waals surface area contributed by atoms with Gasteiger partial charge in [-0.1, -0.05) is 30.3 Å². The summed E-state index contributed by atoms with van der Waals surface area (Å²) in [5, 5.41) is 10.9. The largest absolute Gasteiger partial charge is 0.491 e. The van der Waals surface area contributed by atoms with E-state index in [1.807, 2.05) is 44.2 Å². The van der Waals surface area contributed by atoms with Crippen LogP contribution in [0.5, 0.6) is 5.75 Å². The van der Waals surface area contributed by atoms with Crippen LogP contribution >= 0.6 is 0 Å². The van der Waals surface area contributed by atoms with Crippen LogP contribution in [-0.4, -0.2) is 54.3 Å². The molecule has 2 aromatic rings. The van der Waals surface area contributed by atoms with E-state index in [9.17, 15) is 9.90 Å². The van der Waals surface area contributed by atoms with E-state index in [1.165, 1.54) is 7.11 Å². The van der Waals surface area contributed by atoms with Gasteiger partial charge in [0.1, 0.15) is 0 Å². The minimum atomic E-state index is -0.719. The monoisotopic (exact) mass is 386 g/mol. The standard InChI is InChI=1S/C22H30N2O4/c1-16-17(2)23-19(21(25)27-3)20(16)28-15-7-12-24-13-10-22(26,11-14-24)18-8-5-4-6-9-18/h4-6,8-9,23,26H,7,10-15H2,1-3H3. The van der Waals surface area contributed by atoms with Gasteiger partial charge in [0.15, 0.2) is 11.4 Å². The summed E-state index contributed by atoms with van der Waals surface area (Å²) in [6, 6.07) is 9.93.